The molecule has 2 saturated heterocycles. The van der Waals surface area contributed by atoms with Crippen LogP contribution >= 0.6 is 0 Å². The number of fused-ring (bicyclic) bond motifs is 1. The monoisotopic (exact) mass is 1180 g/mol. The van der Waals surface area contributed by atoms with Gasteiger partial charge in [0.25, 0.3) is 0 Å². The van der Waals surface area contributed by atoms with Gasteiger partial charge in [-0.1, -0.05) is 85.2 Å². The van der Waals surface area contributed by atoms with E-state index in [0.717, 1.165) is 10.5 Å². The summed E-state index contributed by atoms with van der Waals surface area (Å²) in [6.45, 7) is 12.9. The fraction of sp³-hybridized carbons (Fsp3) is 0.607. The second-order valence-electron chi connectivity index (χ2n) is 22.6. The number of methoxy groups -OCH3 is 2. The maximum absolute atomic E-state index is 14.9. The number of terminal acetylenes is 1. The van der Waals surface area contributed by atoms with Crippen LogP contribution in [0.15, 0.2) is 52.9 Å². The predicted octanol–water partition coefficient (Wildman–Crippen LogP) is 5.81. The first-order chi connectivity index (χ1) is 39.8. The Labute approximate surface area is 491 Å². The van der Waals surface area contributed by atoms with Gasteiger partial charge in [0.15, 0.2) is 6.10 Å². The van der Waals surface area contributed by atoms with Gasteiger partial charge in [0, 0.05) is 66.1 Å². The molecular weight excluding hydrogens is 1090 g/mol. The Bertz CT molecular complexity index is 2800. The van der Waals surface area contributed by atoms with E-state index in [0.29, 0.717) is 31.2 Å². The summed E-state index contributed by atoms with van der Waals surface area (Å²) in [7, 11) is 5.89. The van der Waals surface area contributed by atoms with Gasteiger partial charge in [-0.3, -0.25) is 28.9 Å². The number of ether oxygens (including phenoxy) is 5. The number of aliphatic hydroxyl groups excluding tert-OH is 1. The highest BCUT2D eigenvalue weighted by Gasteiger charge is 2.44. The van der Waals surface area contributed by atoms with Crippen LogP contribution in [0.1, 0.15) is 123 Å². The van der Waals surface area contributed by atoms with E-state index >= 15 is 0 Å². The van der Waals surface area contributed by atoms with Crippen molar-refractivity contribution in [3.63, 3.8) is 0 Å². The molecule has 13 atom stereocenters. The number of aryl methyl sites for hydroxylation is 1. The molecule has 5 rings (SSSR count). The molecule has 462 valence electrons. The summed E-state index contributed by atoms with van der Waals surface area (Å²) in [6, 6.07) is 8.76. The van der Waals surface area contributed by atoms with E-state index < -0.39 is 126 Å². The molecule has 84 heavy (non-hydrogen) atoms. The number of nitrogens with one attached hydrogen (secondary N) is 2. The van der Waals surface area contributed by atoms with Gasteiger partial charge in [-0.25, -0.2) is 14.4 Å². The number of hydrogen-bond acceptors (Lipinski definition) is 15. The fourth-order valence-electron chi connectivity index (χ4n) is 11.3. The molecule has 2 aliphatic rings. The summed E-state index contributed by atoms with van der Waals surface area (Å²) in [5.41, 5.74) is 1.12. The molecule has 0 aliphatic carbocycles. The van der Waals surface area contributed by atoms with Gasteiger partial charge in [0.05, 0.1) is 61.0 Å². The number of hydrogen-bond donors (Lipinski definition) is 6. The molecule has 0 spiro atoms. The second kappa shape index (κ2) is 31.0. The molecule has 5 amide bonds. The second-order valence-corrected chi connectivity index (χ2v) is 22.6. The molecular formula is C61H85N5O18. The average molecular weight is 1180 g/mol. The Kier molecular flexibility index (Phi) is 25.0. The van der Waals surface area contributed by atoms with Crippen molar-refractivity contribution in [2.75, 3.05) is 34.9 Å². The summed E-state index contributed by atoms with van der Waals surface area (Å²) in [4.78, 5) is 112. The molecule has 0 saturated carbocycles. The maximum atomic E-state index is 14.9. The van der Waals surface area contributed by atoms with Crippen LogP contribution in [0.25, 0.3) is 11.0 Å². The Morgan fingerprint density at radius 2 is 1.57 bits per heavy atom. The van der Waals surface area contributed by atoms with Crippen LogP contribution in [0.2, 0.25) is 0 Å². The minimum atomic E-state index is -1.34. The van der Waals surface area contributed by atoms with Crippen LogP contribution in [0.4, 0.5) is 4.79 Å². The number of aliphatic carboxylic acids is 3. The highest BCUT2D eigenvalue weighted by molar-refractivity contribution is 5.92. The number of likely N-dealkylation sites (tertiary alicyclic amines) is 1. The Morgan fingerprint density at radius 3 is 2.15 bits per heavy atom. The molecule has 8 unspecified atom stereocenters. The first-order valence-corrected chi connectivity index (χ1v) is 28.6. The third-order valence-electron chi connectivity index (χ3n) is 16.0. The highest BCUT2D eigenvalue weighted by Crippen LogP contribution is 2.39. The number of likely N-dealkylation sites (N-methyl/N-ethyl adjacent to an activating group) is 2. The number of amides is 5. The first kappa shape index (κ1) is 67.5. The van der Waals surface area contributed by atoms with Gasteiger partial charge in [0.2, 0.25) is 29.9 Å². The van der Waals surface area contributed by atoms with E-state index in [1.165, 1.54) is 38.3 Å². The number of carbonyl (C=O) groups excluding carboxylic acids is 5. The van der Waals surface area contributed by atoms with Crippen LogP contribution in [0.3, 0.4) is 0 Å². The minimum absolute atomic E-state index is 0.0354. The van der Waals surface area contributed by atoms with Crippen molar-refractivity contribution < 1.29 is 86.9 Å². The SMILES string of the molecule is C#CCC(OC(=O)N(C)[C@H](C(=O)NC(C(=O)N(C)[C@@H](C(C)CC)C(CC(=O)N1CCC[C@H]1C(OC)[C@@H](C)C(=O)NC(Cc1ccccc1)C(=O)O)OC)C(C)C)C(C)C)c1ccc(OC2CC(O)C[C@@H](C(=O)O)O2)c2cc(CCC(=O)O)oc12. The van der Waals surface area contributed by atoms with E-state index in [1.807, 2.05) is 19.9 Å². The van der Waals surface area contributed by atoms with Crippen LogP contribution in [-0.2, 0) is 65.4 Å². The number of nitrogens with zero attached hydrogens (tertiary/aromatic N) is 3. The predicted molar refractivity (Wildman–Crippen MR) is 306 cm³/mol. The minimum Gasteiger partial charge on any atom is -0.481 e. The molecule has 23 nitrogen and oxygen atoms in total. The maximum Gasteiger partial charge on any atom is 0.410 e. The van der Waals surface area contributed by atoms with Crippen molar-refractivity contribution in [3.8, 4) is 18.1 Å². The van der Waals surface area contributed by atoms with Crippen molar-refractivity contribution in [2.45, 2.75) is 180 Å². The lowest BCUT2D eigenvalue weighted by Gasteiger charge is -2.41. The van der Waals surface area contributed by atoms with Crippen molar-refractivity contribution >= 4 is 58.6 Å². The molecule has 2 aromatic carbocycles. The zero-order valence-electron chi connectivity index (χ0n) is 50.0. The van der Waals surface area contributed by atoms with Gasteiger partial charge >= 0.3 is 24.0 Å². The number of carboxylic acids is 3. The fourth-order valence-corrected chi connectivity index (χ4v) is 11.3. The van der Waals surface area contributed by atoms with E-state index in [-0.39, 0.29) is 79.4 Å². The summed E-state index contributed by atoms with van der Waals surface area (Å²) in [5, 5.41) is 45.3. The molecule has 1 aromatic heterocycles. The number of benzene rings is 2. The summed E-state index contributed by atoms with van der Waals surface area (Å²) < 4.78 is 35.9. The van der Waals surface area contributed by atoms with E-state index in [4.69, 9.17) is 34.5 Å². The molecule has 2 fully saturated rings. The molecule has 6 N–H and O–H groups in total. The van der Waals surface area contributed by atoms with Gasteiger partial charge in [0.1, 0.15) is 41.3 Å². The molecule has 0 bridgehead atoms. The Balaban J connectivity index is 1.32. The number of carbonyl (C=O) groups is 8. The number of carboxylic acid groups (broad SMARTS) is 3. The Morgan fingerprint density at radius 1 is 0.881 bits per heavy atom. The topological polar surface area (TPSA) is 311 Å². The zero-order chi connectivity index (χ0) is 62.3. The average Bonchev–Trinajstić information content (AvgIpc) is 4.00. The summed E-state index contributed by atoms with van der Waals surface area (Å²) in [5.74, 6) is -4.74. The van der Waals surface area contributed by atoms with Gasteiger partial charge in [-0.15, -0.1) is 12.3 Å². The summed E-state index contributed by atoms with van der Waals surface area (Å²) in [6.07, 6.45) is -0.586. The third-order valence-corrected chi connectivity index (χ3v) is 16.0. The number of furan rings is 1. The van der Waals surface area contributed by atoms with Gasteiger partial charge < -0.3 is 69.0 Å². The lowest BCUT2D eigenvalue weighted by atomic mass is 9.89. The molecule has 3 heterocycles. The zero-order valence-corrected chi connectivity index (χ0v) is 50.0. The Hall–Kier alpha value is -7.26. The van der Waals surface area contributed by atoms with Crippen LogP contribution in [0.5, 0.6) is 5.75 Å². The van der Waals surface area contributed by atoms with E-state index in [1.54, 1.807) is 76.9 Å². The van der Waals surface area contributed by atoms with Crippen LogP contribution in [0, 0.1) is 36.0 Å². The van der Waals surface area contributed by atoms with E-state index in [2.05, 4.69) is 16.6 Å². The smallest absolute Gasteiger partial charge is 0.410 e. The van der Waals surface area contributed by atoms with Gasteiger partial charge in [-0.2, -0.15) is 0 Å². The largest absolute Gasteiger partial charge is 0.481 e. The molecule has 2 aliphatic heterocycles. The molecule has 0 radical (unpaired) electrons. The molecule has 23 heteroatoms. The van der Waals surface area contributed by atoms with Crippen molar-refractivity contribution in [1.82, 2.24) is 25.3 Å². The van der Waals surface area contributed by atoms with E-state index in [9.17, 15) is 58.8 Å². The number of rotatable bonds is 30. The standard InChI is InChI=1S/C61H85N5O18/c1-13-19-44(40-24-25-45(41-31-39(81-55(40)41)23-26-49(69)70)82-50-30-38(67)29-47(83-50)60(76)77)84-61(78)65(10)52(34(5)6)57(72)63-51(33(3)4)58(73)64(9)53(35(7)14-2)46(79-11)32-48(68)66-27-18-22-43(66)54(80-12)36(8)56(71)62-42(59(74)75)28-37-20-16-15-17-21-37/h1,15-17,20-21,24-25,31,33-36,38,42-44,46-47,50-54,67H,14,18-19,22-23,26-30,32H2,2-12H3,(H,62,71)(H,63,72)(H,69,70)(H,74,75)(H,76,77)/t35?,36-,38?,42?,43+,44?,46?,47+,50?,51?,52+,53+,54?/m1/s1. The first-order valence-electron chi connectivity index (χ1n) is 28.6. The van der Waals surface area contributed by atoms with Crippen molar-refractivity contribution in [3.05, 3.63) is 65.4 Å². The van der Waals surface area contributed by atoms with Crippen molar-refractivity contribution in [1.29, 1.82) is 0 Å². The van der Waals surface area contributed by atoms with Crippen LogP contribution in [-0.4, -0.2) is 179 Å². The third kappa shape index (κ3) is 17.2. The van der Waals surface area contributed by atoms with Crippen LogP contribution < -0.4 is 15.4 Å². The number of aliphatic hydroxyl groups is 1. The lowest BCUT2D eigenvalue weighted by Crippen LogP contribution is -2.60. The summed E-state index contributed by atoms with van der Waals surface area (Å²) >= 11 is 0. The normalized spacial score (nSPS) is 20.3. The molecule has 3 aromatic rings. The highest BCUT2D eigenvalue weighted by atomic mass is 16.7. The van der Waals surface area contributed by atoms with Crippen molar-refractivity contribution in [2.24, 2.45) is 23.7 Å². The lowest BCUT2D eigenvalue weighted by molar-refractivity contribution is -0.195. The van der Waals surface area contributed by atoms with Gasteiger partial charge in [-0.05, 0) is 54.4 Å². The quantitative estimate of drug-likeness (QED) is 0.0429.